The number of halogens is 2. The van der Waals surface area contributed by atoms with Gasteiger partial charge in [-0.3, -0.25) is 0 Å². The Morgan fingerprint density at radius 2 is 1.70 bits per heavy atom. The summed E-state index contributed by atoms with van der Waals surface area (Å²) >= 11 is -1.13. The van der Waals surface area contributed by atoms with Crippen molar-refractivity contribution >= 4 is 14.3 Å². The maximum atomic E-state index is 2.55. The minimum absolute atomic E-state index is 0. The van der Waals surface area contributed by atoms with E-state index in [9.17, 15) is 0 Å². The fraction of sp³-hybridized carbons (Fsp3) is 0.467. The molecule has 0 aromatic rings. The molecule has 0 saturated carbocycles. The average molecular weight is 379 g/mol. The van der Waals surface area contributed by atoms with Gasteiger partial charge in [0.1, 0.15) is 0 Å². The summed E-state index contributed by atoms with van der Waals surface area (Å²) in [5, 5.41) is 1.80. The summed E-state index contributed by atoms with van der Waals surface area (Å²) in [6, 6.07) is 0. The topological polar surface area (TPSA) is 0 Å². The van der Waals surface area contributed by atoms with Gasteiger partial charge in [-0.05, 0) is 0 Å². The Kier molecular flexibility index (Phi) is 8.64. The molecule has 2 aliphatic rings. The van der Waals surface area contributed by atoms with Crippen molar-refractivity contribution in [3.8, 4) is 0 Å². The second kappa shape index (κ2) is 8.35. The van der Waals surface area contributed by atoms with E-state index >= 15 is 0 Å². The predicted molar refractivity (Wildman–Crippen MR) is 83.5 cm³/mol. The van der Waals surface area contributed by atoms with Crippen LogP contribution in [0.15, 0.2) is 43.3 Å². The molecule has 0 fully saturated rings. The van der Waals surface area contributed by atoms with E-state index in [0.29, 0.717) is 0 Å². The molecule has 0 amide bonds. The molecule has 0 spiro atoms. The maximum Gasteiger partial charge on any atom is -1.00 e. The van der Waals surface area contributed by atoms with Crippen molar-refractivity contribution < 1.29 is 41.4 Å². The van der Waals surface area contributed by atoms with Crippen molar-refractivity contribution in [3.63, 3.8) is 0 Å². The van der Waals surface area contributed by atoms with E-state index in [4.69, 9.17) is 0 Å². The summed E-state index contributed by atoms with van der Waals surface area (Å²) in [6.07, 6.45) is 14.4. The first-order valence-electron chi connectivity index (χ1n) is 6.85. The van der Waals surface area contributed by atoms with Crippen LogP contribution < -0.4 is 24.8 Å². The molecule has 0 unspecified atom stereocenters. The van der Waals surface area contributed by atoms with Gasteiger partial charge in [-0.25, -0.2) is 0 Å². The zero-order chi connectivity index (χ0) is 13.3. The van der Waals surface area contributed by atoms with Crippen molar-refractivity contribution in [2.75, 3.05) is 0 Å². The van der Waals surface area contributed by atoms with Gasteiger partial charge in [-0.15, -0.1) is 0 Å². The molecular weight excluding hydrogens is 355 g/mol. The van der Waals surface area contributed by atoms with Crippen LogP contribution in [0.2, 0.25) is 32.7 Å². The first kappa shape index (κ1) is 20.7. The van der Waals surface area contributed by atoms with Crippen LogP contribution >= 0.6 is 0 Å². The SMILES string of the molecule is C[Si](C)=[Ti+2]([C]1=CC=CC1)[C]1=C([Si](C)(C)C)C=CC1.[Cl-].[Cl-]. The van der Waals surface area contributed by atoms with Gasteiger partial charge in [-0.2, -0.15) is 0 Å². The predicted octanol–water partition coefficient (Wildman–Crippen LogP) is -1.20. The number of hydrogen-bond donors (Lipinski definition) is 0. The number of rotatable bonds is 3. The van der Waals surface area contributed by atoms with E-state index in [1.54, 1.807) is 5.20 Å². The molecule has 110 valence electrons. The summed E-state index contributed by atoms with van der Waals surface area (Å²) in [4.78, 5) is 0. The molecule has 0 radical (unpaired) electrons. The van der Waals surface area contributed by atoms with E-state index in [1.165, 1.54) is 12.8 Å². The standard InChI is InChI=1S/C8H13Si.C5H5.C2H6Si.2ClH.Ti/c1-9(2,3)8-6-4-5-7-8;1-2-4-5-3-1;1-3-2;;;/h4,6H,5H2,1-3H3;1-3H,4H2;1-2H3;2*1H;/q;;;;;+2/p-2. The fourth-order valence-electron chi connectivity index (χ4n) is 2.89. The van der Waals surface area contributed by atoms with Crippen molar-refractivity contribution in [3.05, 3.63) is 43.3 Å². The number of hydrogen-bond acceptors (Lipinski definition) is 0. The van der Waals surface area contributed by atoms with Crippen LogP contribution in [0.5, 0.6) is 0 Å². The molecule has 0 atom stereocenters. The quantitative estimate of drug-likeness (QED) is 0.541. The van der Waals surface area contributed by atoms with Crippen LogP contribution in [-0.2, 0) is 16.6 Å². The third-order valence-electron chi connectivity index (χ3n) is 3.63. The molecule has 0 bridgehead atoms. The molecule has 20 heavy (non-hydrogen) atoms. The molecule has 0 nitrogen and oxygen atoms in total. The third-order valence-corrected chi connectivity index (χ3v) is 17.6. The molecule has 5 heteroatoms. The minimum Gasteiger partial charge on any atom is -1.00 e. The monoisotopic (exact) mass is 378 g/mol. The van der Waals surface area contributed by atoms with Crippen molar-refractivity contribution in [1.82, 2.24) is 0 Å². The van der Waals surface area contributed by atoms with E-state index < -0.39 is 24.7 Å². The van der Waals surface area contributed by atoms with E-state index in [0.717, 1.165) is 0 Å². The van der Waals surface area contributed by atoms with Gasteiger partial charge in [0.2, 0.25) is 0 Å². The Labute approximate surface area is 144 Å². The minimum atomic E-state index is -1.14. The van der Waals surface area contributed by atoms with Crippen LogP contribution in [0.1, 0.15) is 12.8 Å². The zero-order valence-corrected chi connectivity index (χ0v) is 18.1. The van der Waals surface area contributed by atoms with Crippen LogP contribution in [0, 0.1) is 0 Å². The molecule has 0 saturated heterocycles. The summed E-state index contributed by atoms with van der Waals surface area (Å²) < 4.78 is 3.77. The Hall–Kier alpha value is 0.688. The second-order valence-corrected chi connectivity index (χ2v) is 23.3. The van der Waals surface area contributed by atoms with E-state index in [2.05, 4.69) is 63.1 Å². The van der Waals surface area contributed by atoms with Gasteiger partial charge < -0.3 is 24.8 Å². The van der Waals surface area contributed by atoms with Crippen molar-refractivity contribution in [2.24, 2.45) is 0 Å². The summed E-state index contributed by atoms with van der Waals surface area (Å²) in [6.45, 7) is 12.6. The molecular formula is C15H24Cl2Si2Ti. The molecule has 0 N–H and O–H groups in total. The second-order valence-electron chi connectivity index (χ2n) is 6.45. The molecule has 0 aromatic heterocycles. The Bertz CT molecular complexity index is 516. The van der Waals surface area contributed by atoms with Crippen molar-refractivity contribution in [2.45, 2.75) is 45.6 Å². The van der Waals surface area contributed by atoms with Gasteiger partial charge in [0.05, 0.1) is 0 Å². The zero-order valence-electron chi connectivity index (χ0n) is 13.1. The normalized spacial score (nSPS) is 16.3. The van der Waals surface area contributed by atoms with E-state index in [-0.39, 0.29) is 31.0 Å². The molecule has 0 aliphatic heterocycles. The molecule has 0 aromatic carbocycles. The molecule has 0 heterocycles. The Morgan fingerprint density at radius 3 is 2.15 bits per heavy atom. The Balaban J connectivity index is 0.00000180. The average Bonchev–Trinajstić information content (AvgIpc) is 2.86. The van der Waals surface area contributed by atoms with Crippen LogP contribution in [0.25, 0.3) is 0 Å². The Morgan fingerprint density at radius 1 is 1.05 bits per heavy atom. The maximum absolute atomic E-state index is 2.55. The third kappa shape index (κ3) is 4.59. The molecule has 2 rings (SSSR count). The van der Waals surface area contributed by atoms with Crippen LogP contribution in [0.3, 0.4) is 0 Å². The van der Waals surface area contributed by atoms with Crippen LogP contribution in [-0.4, -0.2) is 14.3 Å². The largest absolute Gasteiger partial charge is 1.00 e. The summed E-state index contributed by atoms with van der Waals surface area (Å²) in [5.74, 6) is 0. The first-order valence-corrected chi connectivity index (χ1v) is 16.8. The molecule has 2 aliphatic carbocycles. The van der Waals surface area contributed by atoms with Gasteiger partial charge >= 0.3 is 120 Å². The van der Waals surface area contributed by atoms with Crippen molar-refractivity contribution in [1.29, 1.82) is 0 Å². The fourth-order valence-corrected chi connectivity index (χ4v) is 18.7. The summed E-state index contributed by atoms with van der Waals surface area (Å²) in [7, 11) is -1.14. The first-order chi connectivity index (χ1) is 8.41. The van der Waals surface area contributed by atoms with Crippen LogP contribution in [0.4, 0.5) is 0 Å². The van der Waals surface area contributed by atoms with E-state index in [1.807, 2.05) is 7.76 Å². The number of allylic oxidation sites excluding steroid dienone is 8. The van der Waals surface area contributed by atoms with Gasteiger partial charge in [0.15, 0.2) is 0 Å². The summed E-state index contributed by atoms with van der Waals surface area (Å²) in [5.41, 5.74) is 0. The smallest absolute Gasteiger partial charge is 1.00 e. The van der Waals surface area contributed by atoms with Gasteiger partial charge in [0, 0.05) is 0 Å². The van der Waals surface area contributed by atoms with Gasteiger partial charge in [0.25, 0.3) is 0 Å². The van der Waals surface area contributed by atoms with Gasteiger partial charge in [-0.1, -0.05) is 0 Å².